The van der Waals surface area contributed by atoms with Gasteiger partial charge in [0.2, 0.25) is 0 Å². The Hall–Kier alpha value is -1.59. The van der Waals surface area contributed by atoms with Gasteiger partial charge in [0.05, 0.1) is 6.54 Å². The highest BCUT2D eigenvalue weighted by Crippen LogP contribution is 2.27. The fourth-order valence-electron chi connectivity index (χ4n) is 4.47. The summed E-state index contributed by atoms with van der Waals surface area (Å²) in [7, 11) is 0. The Morgan fingerprint density at radius 1 is 1.08 bits per heavy atom. The Morgan fingerprint density at radius 3 is 2.56 bits per heavy atom. The highest BCUT2D eigenvalue weighted by Gasteiger charge is 2.32. The molecule has 2 unspecified atom stereocenters. The summed E-state index contributed by atoms with van der Waals surface area (Å²) >= 11 is 0. The standard InChI is InChI=1S/C20H31N5/c1-2-21-20(22-14-19-16-23-10-12-24(19)13-11-23)25-9-8-18(15-25)17-6-4-3-5-7-17/h3-7,18-19H,2,8-16H2,1H3,(H,21,22). The zero-order valence-electron chi connectivity index (χ0n) is 15.4. The molecule has 4 saturated heterocycles. The second-order valence-corrected chi connectivity index (χ2v) is 7.53. The molecule has 4 aliphatic rings. The molecule has 4 heterocycles. The van der Waals surface area contributed by atoms with E-state index in [1.807, 2.05) is 0 Å². The number of fused-ring (bicyclic) bond motifs is 3. The highest BCUT2D eigenvalue weighted by molar-refractivity contribution is 5.80. The molecule has 25 heavy (non-hydrogen) atoms. The van der Waals surface area contributed by atoms with Crippen molar-refractivity contribution in [3.05, 3.63) is 35.9 Å². The summed E-state index contributed by atoms with van der Waals surface area (Å²) in [6, 6.07) is 11.5. The summed E-state index contributed by atoms with van der Waals surface area (Å²) in [6.45, 7) is 12.3. The SMILES string of the molecule is CCNC(=NCC1CN2CCN1CC2)N1CCC(c2ccccc2)C1. The molecule has 0 radical (unpaired) electrons. The van der Waals surface area contributed by atoms with Crippen molar-refractivity contribution in [2.75, 3.05) is 58.9 Å². The fraction of sp³-hybridized carbons (Fsp3) is 0.650. The Morgan fingerprint density at radius 2 is 1.88 bits per heavy atom. The van der Waals surface area contributed by atoms with Gasteiger partial charge in [0.15, 0.2) is 5.96 Å². The van der Waals surface area contributed by atoms with E-state index in [9.17, 15) is 0 Å². The number of piperazine rings is 3. The first-order valence-electron chi connectivity index (χ1n) is 9.88. The predicted octanol–water partition coefficient (Wildman–Crippen LogP) is 1.44. The number of likely N-dealkylation sites (tertiary alicyclic amines) is 1. The summed E-state index contributed by atoms with van der Waals surface area (Å²) in [5.74, 6) is 1.74. The number of guanidine groups is 1. The van der Waals surface area contributed by atoms with Crippen LogP contribution in [0.2, 0.25) is 0 Å². The van der Waals surface area contributed by atoms with Crippen molar-refractivity contribution in [1.82, 2.24) is 20.0 Å². The maximum atomic E-state index is 5.03. The number of nitrogens with zero attached hydrogens (tertiary/aromatic N) is 4. The zero-order chi connectivity index (χ0) is 17.1. The van der Waals surface area contributed by atoms with Crippen LogP contribution in [-0.4, -0.2) is 85.6 Å². The minimum atomic E-state index is 0.601. The third kappa shape index (κ3) is 3.82. The quantitative estimate of drug-likeness (QED) is 0.664. The zero-order valence-corrected chi connectivity index (χ0v) is 15.4. The minimum absolute atomic E-state index is 0.601. The van der Waals surface area contributed by atoms with Crippen LogP contribution < -0.4 is 5.32 Å². The molecule has 0 aromatic heterocycles. The number of hydrogen-bond acceptors (Lipinski definition) is 3. The summed E-state index contributed by atoms with van der Waals surface area (Å²) in [5, 5.41) is 3.52. The third-order valence-corrected chi connectivity index (χ3v) is 5.94. The molecule has 5 heteroatoms. The Balaban J connectivity index is 1.39. The fourth-order valence-corrected chi connectivity index (χ4v) is 4.47. The van der Waals surface area contributed by atoms with Crippen LogP contribution in [0.5, 0.6) is 0 Å². The van der Waals surface area contributed by atoms with Crippen molar-refractivity contribution in [2.45, 2.75) is 25.3 Å². The van der Waals surface area contributed by atoms with Crippen LogP contribution >= 0.6 is 0 Å². The van der Waals surface area contributed by atoms with E-state index in [1.54, 1.807) is 0 Å². The first-order chi connectivity index (χ1) is 12.3. The van der Waals surface area contributed by atoms with Gasteiger partial charge in [-0.1, -0.05) is 30.3 Å². The average molecular weight is 342 g/mol. The summed E-state index contributed by atoms with van der Waals surface area (Å²) in [4.78, 5) is 12.7. The maximum Gasteiger partial charge on any atom is 0.193 e. The number of aliphatic imine (C=N–C) groups is 1. The van der Waals surface area contributed by atoms with Crippen LogP contribution in [0, 0.1) is 0 Å². The molecular weight excluding hydrogens is 310 g/mol. The minimum Gasteiger partial charge on any atom is -0.357 e. The van der Waals surface area contributed by atoms with Gasteiger partial charge in [-0.15, -0.1) is 0 Å². The van der Waals surface area contributed by atoms with Crippen LogP contribution in [0.3, 0.4) is 0 Å². The Kier molecular flexibility index (Phi) is 5.22. The van der Waals surface area contributed by atoms with Crippen LogP contribution in [0.4, 0.5) is 0 Å². The molecule has 4 fully saturated rings. The molecule has 5 rings (SSSR count). The van der Waals surface area contributed by atoms with E-state index in [-0.39, 0.29) is 0 Å². The lowest BCUT2D eigenvalue weighted by atomic mass is 9.99. The van der Waals surface area contributed by atoms with Crippen molar-refractivity contribution < 1.29 is 0 Å². The van der Waals surface area contributed by atoms with E-state index < -0.39 is 0 Å². The van der Waals surface area contributed by atoms with Crippen LogP contribution in [0.25, 0.3) is 0 Å². The Labute approximate surface area is 151 Å². The van der Waals surface area contributed by atoms with Crippen molar-refractivity contribution in [2.24, 2.45) is 4.99 Å². The summed E-state index contributed by atoms with van der Waals surface area (Å²) in [6.07, 6.45) is 1.22. The molecule has 2 bridgehead atoms. The first kappa shape index (κ1) is 16.9. The second-order valence-electron chi connectivity index (χ2n) is 7.53. The van der Waals surface area contributed by atoms with Crippen molar-refractivity contribution in [1.29, 1.82) is 0 Å². The van der Waals surface area contributed by atoms with Gasteiger partial charge in [0.1, 0.15) is 0 Å². The molecule has 0 spiro atoms. The van der Waals surface area contributed by atoms with Crippen molar-refractivity contribution >= 4 is 5.96 Å². The van der Waals surface area contributed by atoms with Crippen LogP contribution in [0.15, 0.2) is 35.3 Å². The molecule has 5 nitrogen and oxygen atoms in total. The molecule has 0 saturated carbocycles. The van der Waals surface area contributed by atoms with Gasteiger partial charge in [-0.2, -0.15) is 0 Å². The average Bonchev–Trinajstić information content (AvgIpc) is 3.17. The molecular formula is C20H31N5. The lowest BCUT2D eigenvalue weighted by Crippen LogP contribution is -2.62. The van der Waals surface area contributed by atoms with E-state index in [1.165, 1.54) is 44.7 Å². The van der Waals surface area contributed by atoms with Gasteiger partial charge in [-0.25, -0.2) is 0 Å². The van der Waals surface area contributed by atoms with E-state index in [0.717, 1.165) is 32.1 Å². The smallest absolute Gasteiger partial charge is 0.193 e. The van der Waals surface area contributed by atoms with Gasteiger partial charge >= 0.3 is 0 Å². The number of rotatable bonds is 4. The molecule has 2 atom stereocenters. The summed E-state index contributed by atoms with van der Waals surface area (Å²) < 4.78 is 0. The molecule has 136 valence electrons. The lowest BCUT2D eigenvalue weighted by Gasteiger charge is -2.47. The van der Waals surface area contributed by atoms with Crippen LogP contribution in [0.1, 0.15) is 24.8 Å². The molecule has 0 aliphatic carbocycles. The van der Waals surface area contributed by atoms with Gasteiger partial charge in [0, 0.05) is 64.3 Å². The largest absolute Gasteiger partial charge is 0.357 e. The summed E-state index contributed by atoms with van der Waals surface area (Å²) in [5.41, 5.74) is 1.46. The third-order valence-electron chi connectivity index (χ3n) is 5.94. The first-order valence-corrected chi connectivity index (χ1v) is 9.88. The molecule has 1 N–H and O–H groups in total. The van der Waals surface area contributed by atoms with E-state index in [4.69, 9.17) is 4.99 Å². The predicted molar refractivity (Wildman–Crippen MR) is 103 cm³/mol. The van der Waals surface area contributed by atoms with Gasteiger partial charge in [0.25, 0.3) is 0 Å². The molecule has 4 aliphatic heterocycles. The normalized spacial score (nSPS) is 32.2. The van der Waals surface area contributed by atoms with Crippen LogP contribution in [-0.2, 0) is 0 Å². The topological polar surface area (TPSA) is 34.1 Å². The Bertz CT molecular complexity index is 579. The molecule has 0 amide bonds. The monoisotopic (exact) mass is 341 g/mol. The lowest BCUT2D eigenvalue weighted by molar-refractivity contribution is 0.0173. The van der Waals surface area contributed by atoms with Crippen molar-refractivity contribution in [3.8, 4) is 0 Å². The second kappa shape index (κ2) is 7.75. The molecule has 1 aromatic rings. The van der Waals surface area contributed by atoms with Crippen molar-refractivity contribution in [3.63, 3.8) is 0 Å². The molecule has 1 aromatic carbocycles. The number of nitrogens with one attached hydrogen (secondary N) is 1. The van der Waals surface area contributed by atoms with Gasteiger partial charge < -0.3 is 10.2 Å². The highest BCUT2D eigenvalue weighted by atomic mass is 15.4. The van der Waals surface area contributed by atoms with Gasteiger partial charge in [-0.05, 0) is 18.9 Å². The van der Waals surface area contributed by atoms with E-state index >= 15 is 0 Å². The number of benzene rings is 1. The maximum absolute atomic E-state index is 5.03. The van der Waals surface area contributed by atoms with Gasteiger partial charge in [-0.3, -0.25) is 14.8 Å². The number of hydrogen-bond donors (Lipinski definition) is 1. The van der Waals surface area contributed by atoms with E-state index in [0.29, 0.717) is 12.0 Å². The van der Waals surface area contributed by atoms with E-state index in [2.05, 4.69) is 57.3 Å².